The van der Waals surface area contributed by atoms with Gasteiger partial charge in [-0.05, 0) is 6.42 Å². The highest BCUT2D eigenvalue weighted by Crippen LogP contribution is 1.95. The van der Waals surface area contributed by atoms with Crippen molar-refractivity contribution >= 4 is 6.09 Å². The summed E-state index contributed by atoms with van der Waals surface area (Å²) in [6.45, 7) is 1.79. The summed E-state index contributed by atoms with van der Waals surface area (Å²) in [7, 11) is 0. The lowest BCUT2D eigenvalue weighted by Gasteiger charge is -2.11. The highest BCUT2D eigenvalue weighted by Gasteiger charge is 2.08. The Bertz CT molecular complexity index is 186. The molecule has 1 unspecified atom stereocenters. The fraction of sp³-hybridized carbons (Fsp3) is 0.667. The van der Waals surface area contributed by atoms with E-state index in [0.29, 0.717) is 0 Å². The van der Waals surface area contributed by atoms with Crippen LogP contribution in [0, 0.1) is 12.3 Å². The average molecular weight is 185 g/mol. The summed E-state index contributed by atoms with van der Waals surface area (Å²) in [4.78, 5) is 10.9. The number of carbonyl (C=O) groups is 1. The maximum absolute atomic E-state index is 10.9. The average Bonchev–Trinajstić information content (AvgIpc) is 2.14. The van der Waals surface area contributed by atoms with Crippen molar-refractivity contribution in [1.29, 1.82) is 0 Å². The van der Waals surface area contributed by atoms with Crippen LogP contribution in [0.5, 0.6) is 0 Å². The van der Waals surface area contributed by atoms with Crippen LogP contribution < -0.4 is 5.32 Å². The van der Waals surface area contributed by atoms with Crippen molar-refractivity contribution in [2.24, 2.45) is 0 Å². The van der Waals surface area contributed by atoms with Gasteiger partial charge in [0.25, 0.3) is 0 Å². The van der Waals surface area contributed by atoms with Crippen LogP contribution in [0.1, 0.15) is 19.8 Å². The summed E-state index contributed by atoms with van der Waals surface area (Å²) in [5.74, 6) is 2.44. The minimum absolute atomic E-state index is 0.00471. The minimum Gasteiger partial charge on any atom is -0.447 e. The fourth-order valence-electron chi connectivity index (χ4n) is 0.808. The van der Waals surface area contributed by atoms with E-state index < -0.39 is 6.09 Å². The van der Waals surface area contributed by atoms with E-state index in [1.165, 1.54) is 0 Å². The second-order valence-electron chi connectivity index (χ2n) is 2.51. The molecule has 1 atom stereocenters. The van der Waals surface area contributed by atoms with E-state index in [2.05, 4.69) is 16.0 Å². The summed E-state index contributed by atoms with van der Waals surface area (Å²) in [5, 5.41) is 10.9. The van der Waals surface area contributed by atoms with Gasteiger partial charge in [-0.2, -0.15) is 0 Å². The number of aliphatic hydroxyl groups is 1. The largest absolute Gasteiger partial charge is 0.447 e. The van der Waals surface area contributed by atoms with Crippen molar-refractivity contribution in [3.05, 3.63) is 0 Å². The summed E-state index contributed by atoms with van der Waals surface area (Å²) in [6, 6.07) is -0.281. The van der Waals surface area contributed by atoms with E-state index >= 15 is 0 Å². The predicted molar refractivity (Wildman–Crippen MR) is 49.1 cm³/mol. The quantitative estimate of drug-likeness (QED) is 0.613. The van der Waals surface area contributed by atoms with Gasteiger partial charge in [-0.25, -0.2) is 4.79 Å². The van der Waals surface area contributed by atoms with Crippen LogP contribution in [0.15, 0.2) is 0 Å². The molecule has 0 aliphatic rings. The van der Waals surface area contributed by atoms with Crippen LogP contribution in [0.25, 0.3) is 0 Å². The molecule has 0 saturated carbocycles. The minimum atomic E-state index is -0.578. The number of nitrogens with one attached hydrogen (secondary N) is 1. The standard InChI is InChI=1S/C9H15NO3/c1-3-5-8(4-2)10-9(12)13-7-6-11/h2,8,11H,3,5-7H2,1H3,(H,10,12). The summed E-state index contributed by atoms with van der Waals surface area (Å²) >= 11 is 0. The van der Waals surface area contributed by atoms with Crippen molar-refractivity contribution in [3.8, 4) is 12.3 Å². The molecule has 4 heteroatoms. The molecule has 0 rings (SSSR count). The molecule has 0 aliphatic carbocycles. The van der Waals surface area contributed by atoms with Crippen LogP contribution >= 0.6 is 0 Å². The number of aliphatic hydroxyl groups excluding tert-OH is 1. The monoisotopic (exact) mass is 185 g/mol. The number of hydrogen-bond acceptors (Lipinski definition) is 3. The van der Waals surface area contributed by atoms with E-state index in [9.17, 15) is 4.79 Å². The molecule has 0 aliphatic heterocycles. The normalized spacial score (nSPS) is 11.5. The summed E-state index contributed by atoms with van der Waals surface area (Å²) in [6.07, 6.45) is 6.21. The SMILES string of the molecule is C#CC(CCC)NC(=O)OCCO. The zero-order valence-corrected chi connectivity index (χ0v) is 7.75. The summed E-state index contributed by atoms with van der Waals surface area (Å²) < 4.78 is 4.57. The van der Waals surface area contributed by atoms with Gasteiger partial charge in [-0.1, -0.05) is 19.3 Å². The molecule has 0 aromatic heterocycles. The third kappa shape index (κ3) is 6.00. The van der Waals surface area contributed by atoms with Gasteiger partial charge >= 0.3 is 6.09 Å². The highest BCUT2D eigenvalue weighted by molar-refractivity contribution is 5.68. The lowest BCUT2D eigenvalue weighted by molar-refractivity contribution is 0.117. The van der Waals surface area contributed by atoms with E-state index in [1.54, 1.807) is 0 Å². The van der Waals surface area contributed by atoms with Gasteiger partial charge in [-0.3, -0.25) is 0 Å². The summed E-state index contributed by atoms with van der Waals surface area (Å²) in [5.41, 5.74) is 0. The first kappa shape index (κ1) is 11.8. The lowest BCUT2D eigenvalue weighted by atomic mass is 10.2. The van der Waals surface area contributed by atoms with Crippen LogP contribution in [0.3, 0.4) is 0 Å². The molecule has 0 spiro atoms. The van der Waals surface area contributed by atoms with E-state index in [1.807, 2.05) is 6.92 Å². The van der Waals surface area contributed by atoms with Gasteiger partial charge in [0.05, 0.1) is 12.6 Å². The first-order valence-corrected chi connectivity index (χ1v) is 4.24. The Morgan fingerprint density at radius 2 is 2.46 bits per heavy atom. The number of hydrogen-bond donors (Lipinski definition) is 2. The van der Waals surface area contributed by atoms with Crippen LogP contribution in [-0.4, -0.2) is 30.5 Å². The molecule has 0 bridgehead atoms. The zero-order valence-electron chi connectivity index (χ0n) is 7.75. The molecule has 0 radical (unpaired) electrons. The van der Waals surface area contributed by atoms with Gasteiger partial charge in [0, 0.05) is 0 Å². The molecule has 0 saturated heterocycles. The Balaban J connectivity index is 3.68. The third-order valence-electron chi connectivity index (χ3n) is 1.40. The first-order chi connectivity index (χ1) is 6.24. The molecule has 0 fully saturated rings. The Kier molecular flexibility index (Phi) is 6.75. The second kappa shape index (κ2) is 7.44. The molecular weight excluding hydrogens is 170 g/mol. The predicted octanol–water partition coefficient (Wildman–Crippen LogP) is 0.507. The Hall–Kier alpha value is -1.21. The number of carbonyl (C=O) groups excluding carboxylic acids is 1. The van der Waals surface area contributed by atoms with Gasteiger partial charge in [0.15, 0.2) is 0 Å². The fourth-order valence-corrected chi connectivity index (χ4v) is 0.808. The highest BCUT2D eigenvalue weighted by atomic mass is 16.6. The Morgan fingerprint density at radius 3 is 2.92 bits per heavy atom. The number of ether oxygens (including phenoxy) is 1. The molecular formula is C9H15NO3. The molecule has 0 aromatic carbocycles. The van der Waals surface area contributed by atoms with Gasteiger partial charge in [-0.15, -0.1) is 6.42 Å². The lowest BCUT2D eigenvalue weighted by Crippen LogP contribution is -2.34. The van der Waals surface area contributed by atoms with E-state index in [4.69, 9.17) is 11.5 Å². The smallest absolute Gasteiger partial charge is 0.408 e. The van der Waals surface area contributed by atoms with Crippen LogP contribution in [0.2, 0.25) is 0 Å². The van der Waals surface area contributed by atoms with Crippen LogP contribution in [0.4, 0.5) is 4.79 Å². The van der Waals surface area contributed by atoms with E-state index in [-0.39, 0.29) is 19.3 Å². The topological polar surface area (TPSA) is 58.6 Å². The van der Waals surface area contributed by atoms with Gasteiger partial charge in [0.2, 0.25) is 0 Å². The third-order valence-corrected chi connectivity index (χ3v) is 1.40. The van der Waals surface area contributed by atoms with Crippen molar-refractivity contribution in [1.82, 2.24) is 5.32 Å². The van der Waals surface area contributed by atoms with Crippen molar-refractivity contribution < 1.29 is 14.6 Å². The zero-order chi connectivity index (χ0) is 10.1. The maximum Gasteiger partial charge on any atom is 0.408 e. The first-order valence-electron chi connectivity index (χ1n) is 4.24. The number of alkyl carbamates (subject to hydrolysis) is 1. The van der Waals surface area contributed by atoms with Gasteiger partial charge in [0.1, 0.15) is 6.61 Å². The number of amides is 1. The van der Waals surface area contributed by atoms with Crippen molar-refractivity contribution in [2.45, 2.75) is 25.8 Å². The van der Waals surface area contributed by atoms with Gasteiger partial charge < -0.3 is 15.2 Å². The second-order valence-corrected chi connectivity index (χ2v) is 2.51. The molecule has 0 aromatic rings. The molecule has 1 amide bonds. The maximum atomic E-state index is 10.9. The van der Waals surface area contributed by atoms with Crippen molar-refractivity contribution in [3.63, 3.8) is 0 Å². The number of terminal acetylenes is 1. The van der Waals surface area contributed by atoms with E-state index in [0.717, 1.165) is 12.8 Å². The van der Waals surface area contributed by atoms with Crippen molar-refractivity contribution in [2.75, 3.05) is 13.2 Å². The number of rotatable bonds is 5. The molecule has 74 valence electrons. The van der Waals surface area contributed by atoms with Crippen LogP contribution in [-0.2, 0) is 4.74 Å². The molecule has 13 heavy (non-hydrogen) atoms. The molecule has 4 nitrogen and oxygen atoms in total. The Morgan fingerprint density at radius 1 is 1.77 bits per heavy atom. The molecule has 2 N–H and O–H groups in total. The molecule has 0 heterocycles. The Labute approximate surface area is 78.3 Å².